The lowest BCUT2D eigenvalue weighted by atomic mass is 10.2. The molecule has 0 fully saturated rings. The van der Waals surface area contributed by atoms with Crippen LogP contribution in [-0.2, 0) is 4.79 Å². The Bertz CT molecular complexity index is 749. The highest BCUT2D eigenvalue weighted by Gasteiger charge is 2.11. The van der Waals surface area contributed by atoms with Crippen molar-refractivity contribution in [1.29, 1.82) is 0 Å². The van der Waals surface area contributed by atoms with E-state index in [9.17, 15) is 19.7 Å². The molecule has 0 radical (unpaired) electrons. The van der Waals surface area contributed by atoms with Crippen LogP contribution in [0.25, 0.3) is 0 Å². The standard InChI is InChI=1S/C17H20N4O4S/c22-16(8-3-9-20-17(23)15-7-4-12-26-15)19-11-10-18-13-5-1-2-6-14(13)21(24)25/h1-2,4-7,12,18H,3,8-11H2,(H,19,22)(H,20,23). The molecule has 0 saturated carbocycles. The molecule has 1 aromatic heterocycles. The molecule has 2 amide bonds. The van der Waals surface area contributed by atoms with Gasteiger partial charge in [-0.15, -0.1) is 11.3 Å². The number of nitro groups is 1. The average molecular weight is 376 g/mol. The Kier molecular flexibility index (Phi) is 7.56. The molecule has 0 bridgehead atoms. The zero-order chi connectivity index (χ0) is 18.8. The minimum atomic E-state index is -0.453. The summed E-state index contributed by atoms with van der Waals surface area (Å²) in [7, 11) is 0. The molecule has 0 unspecified atom stereocenters. The molecule has 0 aliphatic carbocycles. The Morgan fingerprint density at radius 1 is 1.04 bits per heavy atom. The first-order valence-corrected chi connectivity index (χ1v) is 9.01. The summed E-state index contributed by atoms with van der Waals surface area (Å²) in [4.78, 5) is 34.6. The van der Waals surface area contributed by atoms with Gasteiger partial charge in [-0.3, -0.25) is 19.7 Å². The third kappa shape index (κ3) is 6.17. The van der Waals surface area contributed by atoms with E-state index in [4.69, 9.17) is 0 Å². The Labute approximate surface area is 154 Å². The fraction of sp³-hybridized carbons (Fsp3) is 0.294. The van der Waals surface area contributed by atoms with E-state index in [0.717, 1.165) is 0 Å². The number of thiophene rings is 1. The molecule has 3 N–H and O–H groups in total. The van der Waals surface area contributed by atoms with Crippen molar-refractivity contribution in [3.05, 3.63) is 56.8 Å². The van der Waals surface area contributed by atoms with Gasteiger partial charge in [-0.05, 0) is 23.9 Å². The number of hydrogen-bond donors (Lipinski definition) is 3. The molecule has 2 rings (SSSR count). The van der Waals surface area contributed by atoms with Gasteiger partial charge in [-0.2, -0.15) is 0 Å². The van der Waals surface area contributed by atoms with Crippen molar-refractivity contribution in [2.24, 2.45) is 0 Å². The second-order valence-electron chi connectivity index (χ2n) is 5.39. The summed E-state index contributed by atoms with van der Waals surface area (Å²) >= 11 is 1.37. The van der Waals surface area contributed by atoms with Gasteiger partial charge in [0.2, 0.25) is 5.91 Å². The lowest BCUT2D eigenvalue weighted by Gasteiger charge is -2.08. The summed E-state index contributed by atoms with van der Waals surface area (Å²) in [6.45, 7) is 1.16. The Balaban J connectivity index is 1.58. The fourth-order valence-electron chi connectivity index (χ4n) is 2.22. The predicted octanol–water partition coefficient (Wildman–Crippen LogP) is 2.39. The molecule has 1 heterocycles. The smallest absolute Gasteiger partial charge is 0.292 e. The van der Waals surface area contributed by atoms with Crippen LogP contribution in [0, 0.1) is 10.1 Å². The number of amides is 2. The maximum absolute atomic E-state index is 11.7. The SMILES string of the molecule is O=C(CCCNC(=O)c1cccs1)NCCNc1ccccc1[N+](=O)[O-]. The highest BCUT2D eigenvalue weighted by atomic mass is 32.1. The molecule has 138 valence electrons. The summed E-state index contributed by atoms with van der Waals surface area (Å²) in [6, 6.07) is 9.91. The number of benzene rings is 1. The normalized spacial score (nSPS) is 10.2. The molecule has 0 aliphatic heterocycles. The van der Waals surface area contributed by atoms with Crippen LogP contribution in [-0.4, -0.2) is 36.4 Å². The number of carbonyl (C=O) groups excluding carboxylic acids is 2. The third-order valence-electron chi connectivity index (χ3n) is 3.47. The molecule has 0 atom stereocenters. The van der Waals surface area contributed by atoms with Gasteiger partial charge in [0.15, 0.2) is 0 Å². The Hall–Kier alpha value is -2.94. The first-order valence-electron chi connectivity index (χ1n) is 8.13. The van der Waals surface area contributed by atoms with E-state index < -0.39 is 4.92 Å². The third-order valence-corrected chi connectivity index (χ3v) is 4.34. The number of carbonyl (C=O) groups is 2. The van der Waals surface area contributed by atoms with E-state index in [-0.39, 0.29) is 17.5 Å². The van der Waals surface area contributed by atoms with Crippen LogP contribution in [0.1, 0.15) is 22.5 Å². The first kappa shape index (κ1) is 19.4. The van der Waals surface area contributed by atoms with Crippen LogP contribution in [0.4, 0.5) is 11.4 Å². The van der Waals surface area contributed by atoms with E-state index in [2.05, 4.69) is 16.0 Å². The molecular weight excluding hydrogens is 356 g/mol. The summed E-state index contributed by atoms with van der Waals surface area (Å²) < 4.78 is 0. The molecule has 9 heteroatoms. The number of hydrogen-bond acceptors (Lipinski definition) is 6. The largest absolute Gasteiger partial charge is 0.378 e. The fourth-order valence-corrected chi connectivity index (χ4v) is 2.86. The van der Waals surface area contributed by atoms with E-state index in [1.54, 1.807) is 24.3 Å². The van der Waals surface area contributed by atoms with Gasteiger partial charge in [0.1, 0.15) is 5.69 Å². The van der Waals surface area contributed by atoms with Crippen molar-refractivity contribution in [2.45, 2.75) is 12.8 Å². The minimum absolute atomic E-state index is 0.000286. The summed E-state index contributed by atoms with van der Waals surface area (Å²) in [5, 5.41) is 21.2. The highest BCUT2D eigenvalue weighted by Crippen LogP contribution is 2.22. The number of rotatable bonds is 10. The number of para-hydroxylation sites is 2. The quantitative estimate of drug-likeness (QED) is 0.335. The predicted molar refractivity (Wildman–Crippen MR) is 100 cm³/mol. The Morgan fingerprint density at radius 2 is 1.85 bits per heavy atom. The van der Waals surface area contributed by atoms with Crippen molar-refractivity contribution in [3.8, 4) is 0 Å². The molecular formula is C17H20N4O4S. The molecule has 26 heavy (non-hydrogen) atoms. The average Bonchev–Trinajstić information content (AvgIpc) is 3.17. The zero-order valence-corrected chi connectivity index (χ0v) is 14.9. The van der Waals surface area contributed by atoms with Crippen molar-refractivity contribution < 1.29 is 14.5 Å². The number of nitrogens with one attached hydrogen (secondary N) is 3. The van der Waals surface area contributed by atoms with Crippen molar-refractivity contribution in [1.82, 2.24) is 10.6 Å². The summed E-state index contributed by atoms with van der Waals surface area (Å²) in [5.41, 5.74) is 0.420. The van der Waals surface area contributed by atoms with E-state index in [1.807, 2.05) is 11.4 Å². The molecule has 8 nitrogen and oxygen atoms in total. The van der Waals surface area contributed by atoms with Gasteiger partial charge < -0.3 is 16.0 Å². The number of anilines is 1. The van der Waals surface area contributed by atoms with Crippen LogP contribution >= 0.6 is 11.3 Å². The topological polar surface area (TPSA) is 113 Å². The highest BCUT2D eigenvalue weighted by molar-refractivity contribution is 7.12. The summed E-state index contributed by atoms with van der Waals surface area (Å²) in [5.74, 6) is -0.256. The van der Waals surface area contributed by atoms with Crippen molar-refractivity contribution >= 4 is 34.5 Å². The van der Waals surface area contributed by atoms with Gasteiger partial charge in [-0.1, -0.05) is 18.2 Å². The Morgan fingerprint density at radius 3 is 2.58 bits per heavy atom. The molecule has 1 aromatic carbocycles. The van der Waals surface area contributed by atoms with Gasteiger partial charge >= 0.3 is 0 Å². The van der Waals surface area contributed by atoms with Gasteiger partial charge in [0.05, 0.1) is 9.80 Å². The van der Waals surface area contributed by atoms with E-state index >= 15 is 0 Å². The minimum Gasteiger partial charge on any atom is -0.378 e. The molecule has 0 spiro atoms. The van der Waals surface area contributed by atoms with Gasteiger partial charge in [0.25, 0.3) is 11.6 Å². The van der Waals surface area contributed by atoms with Crippen molar-refractivity contribution in [3.63, 3.8) is 0 Å². The van der Waals surface area contributed by atoms with Crippen LogP contribution in [0.5, 0.6) is 0 Å². The second-order valence-corrected chi connectivity index (χ2v) is 6.34. The van der Waals surface area contributed by atoms with E-state index in [1.165, 1.54) is 17.4 Å². The van der Waals surface area contributed by atoms with Crippen LogP contribution in [0.3, 0.4) is 0 Å². The first-order chi connectivity index (χ1) is 12.6. The second kappa shape index (κ2) is 10.1. The van der Waals surface area contributed by atoms with Gasteiger partial charge in [-0.25, -0.2) is 0 Å². The molecule has 0 saturated heterocycles. The van der Waals surface area contributed by atoms with Crippen molar-refractivity contribution in [2.75, 3.05) is 25.0 Å². The van der Waals surface area contributed by atoms with E-state index in [0.29, 0.717) is 43.0 Å². The number of nitrogens with zero attached hydrogens (tertiary/aromatic N) is 1. The van der Waals surface area contributed by atoms with Crippen LogP contribution in [0.15, 0.2) is 41.8 Å². The monoisotopic (exact) mass is 376 g/mol. The lowest BCUT2D eigenvalue weighted by molar-refractivity contribution is -0.384. The zero-order valence-electron chi connectivity index (χ0n) is 14.1. The van der Waals surface area contributed by atoms with Crippen LogP contribution < -0.4 is 16.0 Å². The molecule has 0 aliphatic rings. The van der Waals surface area contributed by atoms with Gasteiger partial charge in [0, 0.05) is 32.1 Å². The summed E-state index contributed by atoms with van der Waals surface area (Å²) in [6.07, 6.45) is 0.844. The maximum atomic E-state index is 11.7. The number of nitro benzene ring substituents is 1. The molecule has 2 aromatic rings. The maximum Gasteiger partial charge on any atom is 0.292 e. The lowest BCUT2D eigenvalue weighted by Crippen LogP contribution is -2.30. The van der Waals surface area contributed by atoms with Crippen LogP contribution in [0.2, 0.25) is 0 Å².